The number of halogens is 1. The SMILES string of the molecule is Cc1cc(CC2(F)CCCC(N)C2)n(C)n1. The molecule has 0 amide bonds. The highest BCUT2D eigenvalue weighted by Gasteiger charge is 2.36. The van der Waals surface area contributed by atoms with Gasteiger partial charge >= 0.3 is 0 Å². The van der Waals surface area contributed by atoms with Crippen molar-refractivity contribution >= 4 is 0 Å². The standard InChI is InChI=1S/C12H20FN3/c1-9-6-11(16(2)15-9)8-12(13)5-3-4-10(14)7-12/h6,10H,3-5,7-8,14H2,1-2H3. The van der Waals surface area contributed by atoms with Gasteiger partial charge in [0.05, 0.1) is 5.69 Å². The largest absolute Gasteiger partial charge is 0.328 e. The van der Waals surface area contributed by atoms with E-state index < -0.39 is 5.67 Å². The second-order valence-corrected chi connectivity index (χ2v) is 5.08. The molecule has 1 heterocycles. The average molecular weight is 225 g/mol. The lowest BCUT2D eigenvalue weighted by Crippen LogP contribution is -2.39. The molecule has 1 aliphatic carbocycles. The Hall–Kier alpha value is -0.900. The summed E-state index contributed by atoms with van der Waals surface area (Å²) < 4.78 is 16.4. The van der Waals surface area contributed by atoms with Crippen LogP contribution in [0.5, 0.6) is 0 Å². The molecular weight excluding hydrogens is 205 g/mol. The summed E-state index contributed by atoms with van der Waals surface area (Å²) in [6.45, 7) is 1.93. The molecule has 2 unspecified atom stereocenters. The number of rotatable bonds is 2. The third kappa shape index (κ3) is 2.43. The van der Waals surface area contributed by atoms with Crippen LogP contribution in [0, 0.1) is 6.92 Å². The van der Waals surface area contributed by atoms with Gasteiger partial charge < -0.3 is 5.73 Å². The van der Waals surface area contributed by atoms with Gasteiger partial charge in [0, 0.05) is 25.2 Å². The van der Waals surface area contributed by atoms with Crippen molar-refractivity contribution in [1.82, 2.24) is 9.78 Å². The fourth-order valence-corrected chi connectivity index (χ4v) is 2.67. The number of nitrogens with two attached hydrogens (primary N) is 1. The van der Waals surface area contributed by atoms with Gasteiger partial charge in [-0.05, 0) is 38.7 Å². The van der Waals surface area contributed by atoms with Gasteiger partial charge in [-0.15, -0.1) is 0 Å². The van der Waals surface area contributed by atoms with E-state index in [-0.39, 0.29) is 6.04 Å². The molecule has 0 aliphatic heterocycles. The van der Waals surface area contributed by atoms with Crippen LogP contribution < -0.4 is 5.73 Å². The molecule has 0 spiro atoms. The van der Waals surface area contributed by atoms with Crippen LogP contribution in [0.15, 0.2) is 6.07 Å². The minimum Gasteiger partial charge on any atom is -0.328 e. The second-order valence-electron chi connectivity index (χ2n) is 5.08. The molecule has 0 saturated heterocycles. The Labute approximate surface area is 95.8 Å². The summed E-state index contributed by atoms with van der Waals surface area (Å²) in [6, 6.07) is 1.98. The Kier molecular flexibility index (Phi) is 3.02. The van der Waals surface area contributed by atoms with Crippen LogP contribution in [0.4, 0.5) is 4.39 Å². The fourth-order valence-electron chi connectivity index (χ4n) is 2.67. The maximum Gasteiger partial charge on any atom is 0.118 e. The highest BCUT2D eigenvalue weighted by Crippen LogP contribution is 2.34. The molecule has 0 radical (unpaired) electrons. The van der Waals surface area contributed by atoms with Gasteiger partial charge in [0.15, 0.2) is 0 Å². The van der Waals surface area contributed by atoms with Crippen LogP contribution in [-0.2, 0) is 13.5 Å². The van der Waals surface area contributed by atoms with Gasteiger partial charge in [-0.2, -0.15) is 5.10 Å². The summed E-state index contributed by atoms with van der Waals surface area (Å²) in [5.41, 5.74) is 6.63. The molecule has 90 valence electrons. The fraction of sp³-hybridized carbons (Fsp3) is 0.750. The average Bonchev–Trinajstić information content (AvgIpc) is 2.43. The number of nitrogens with zero attached hydrogens (tertiary/aromatic N) is 2. The highest BCUT2D eigenvalue weighted by atomic mass is 19.1. The zero-order chi connectivity index (χ0) is 11.8. The van der Waals surface area contributed by atoms with Crippen LogP contribution in [0.2, 0.25) is 0 Å². The van der Waals surface area contributed by atoms with E-state index in [1.165, 1.54) is 0 Å². The van der Waals surface area contributed by atoms with Gasteiger partial charge in [0.25, 0.3) is 0 Å². The number of alkyl halides is 1. The third-order valence-corrected chi connectivity index (χ3v) is 3.42. The maximum atomic E-state index is 14.6. The lowest BCUT2D eigenvalue weighted by Gasteiger charge is -2.33. The Bertz CT molecular complexity index is 374. The summed E-state index contributed by atoms with van der Waals surface area (Å²) in [5, 5.41) is 4.25. The predicted octanol–water partition coefficient (Wildman–Crippen LogP) is 1.88. The van der Waals surface area contributed by atoms with Gasteiger partial charge in [-0.25, -0.2) is 4.39 Å². The van der Waals surface area contributed by atoms with E-state index >= 15 is 0 Å². The van der Waals surface area contributed by atoms with Crippen molar-refractivity contribution < 1.29 is 4.39 Å². The monoisotopic (exact) mass is 225 g/mol. The number of hydrogen-bond acceptors (Lipinski definition) is 2. The molecule has 0 aromatic carbocycles. The first-order valence-electron chi connectivity index (χ1n) is 5.92. The number of aromatic nitrogens is 2. The van der Waals surface area contributed by atoms with E-state index in [1.54, 1.807) is 4.68 Å². The zero-order valence-corrected chi connectivity index (χ0v) is 10.0. The lowest BCUT2D eigenvalue weighted by atomic mass is 9.81. The van der Waals surface area contributed by atoms with Crippen LogP contribution in [0.3, 0.4) is 0 Å². The number of aryl methyl sites for hydroxylation is 2. The Morgan fingerprint density at radius 2 is 2.44 bits per heavy atom. The molecule has 0 bridgehead atoms. The maximum absolute atomic E-state index is 14.6. The van der Waals surface area contributed by atoms with Gasteiger partial charge in [0.1, 0.15) is 5.67 Å². The minimum atomic E-state index is -1.13. The topological polar surface area (TPSA) is 43.8 Å². The molecule has 3 nitrogen and oxygen atoms in total. The molecule has 16 heavy (non-hydrogen) atoms. The zero-order valence-electron chi connectivity index (χ0n) is 10.0. The minimum absolute atomic E-state index is 0.0214. The molecule has 2 atom stereocenters. The Morgan fingerprint density at radius 1 is 1.69 bits per heavy atom. The molecule has 1 aliphatic rings. The van der Waals surface area contributed by atoms with Crippen molar-refractivity contribution in [2.45, 2.75) is 50.7 Å². The van der Waals surface area contributed by atoms with Gasteiger partial charge in [0.2, 0.25) is 0 Å². The Morgan fingerprint density at radius 3 is 3.00 bits per heavy atom. The van der Waals surface area contributed by atoms with E-state index in [2.05, 4.69) is 5.10 Å². The molecule has 2 N–H and O–H groups in total. The predicted molar refractivity (Wildman–Crippen MR) is 61.9 cm³/mol. The molecule has 1 saturated carbocycles. The van der Waals surface area contributed by atoms with E-state index in [9.17, 15) is 4.39 Å². The molecule has 1 aromatic heterocycles. The first-order chi connectivity index (χ1) is 7.48. The van der Waals surface area contributed by atoms with Gasteiger partial charge in [-0.3, -0.25) is 4.68 Å². The summed E-state index contributed by atoms with van der Waals surface area (Å²) in [5.74, 6) is 0. The third-order valence-electron chi connectivity index (χ3n) is 3.42. The normalized spacial score (nSPS) is 30.6. The van der Waals surface area contributed by atoms with Crippen molar-refractivity contribution in [1.29, 1.82) is 0 Å². The summed E-state index contributed by atoms with van der Waals surface area (Å²) in [4.78, 5) is 0. The van der Waals surface area contributed by atoms with Crippen LogP contribution in [-0.4, -0.2) is 21.5 Å². The quantitative estimate of drug-likeness (QED) is 0.835. The smallest absolute Gasteiger partial charge is 0.118 e. The van der Waals surface area contributed by atoms with Crippen molar-refractivity contribution in [3.63, 3.8) is 0 Å². The van der Waals surface area contributed by atoms with E-state index in [0.29, 0.717) is 19.3 Å². The molecular formula is C12H20FN3. The summed E-state index contributed by atoms with van der Waals surface area (Å²) >= 11 is 0. The highest BCUT2D eigenvalue weighted by molar-refractivity contribution is 5.12. The Balaban J connectivity index is 2.10. The number of hydrogen-bond donors (Lipinski definition) is 1. The van der Waals surface area contributed by atoms with Crippen molar-refractivity contribution in [2.24, 2.45) is 12.8 Å². The van der Waals surface area contributed by atoms with E-state index in [0.717, 1.165) is 24.2 Å². The van der Waals surface area contributed by atoms with E-state index in [4.69, 9.17) is 5.73 Å². The van der Waals surface area contributed by atoms with Crippen molar-refractivity contribution in [3.8, 4) is 0 Å². The van der Waals surface area contributed by atoms with Crippen LogP contribution in [0.1, 0.15) is 37.1 Å². The van der Waals surface area contributed by atoms with Crippen LogP contribution >= 0.6 is 0 Å². The lowest BCUT2D eigenvalue weighted by molar-refractivity contribution is 0.0943. The first-order valence-corrected chi connectivity index (χ1v) is 5.92. The summed E-state index contributed by atoms with van der Waals surface area (Å²) in [7, 11) is 1.87. The molecule has 2 rings (SSSR count). The second kappa shape index (κ2) is 4.17. The van der Waals surface area contributed by atoms with E-state index in [1.807, 2.05) is 20.0 Å². The van der Waals surface area contributed by atoms with Crippen LogP contribution in [0.25, 0.3) is 0 Å². The van der Waals surface area contributed by atoms with Gasteiger partial charge in [-0.1, -0.05) is 0 Å². The molecule has 1 fully saturated rings. The summed E-state index contributed by atoms with van der Waals surface area (Å²) in [6.07, 6.45) is 3.41. The first kappa shape index (κ1) is 11.6. The van der Waals surface area contributed by atoms with Crippen molar-refractivity contribution in [2.75, 3.05) is 0 Å². The molecule has 1 aromatic rings. The molecule has 4 heteroatoms. The van der Waals surface area contributed by atoms with Crippen molar-refractivity contribution in [3.05, 3.63) is 17.5 Å².